The Morgan fingerprint density at radius 1 is 0.970 bits per heavy atom. The first-order valence-corrected chi connectivity index (χ1v) is 10.6. The van der Waals surface area contributed by atoms with E-state index in [-0.39, 0.29) is 22.5 Å². The summed E-state index contributed by atoms with van der Waals surface area (Å²) in [6.45, 7) is 2.56. The molecule has 2 aliphatic rings. The maximum Gasteiger partial charge on any atom is 0.254 e. The first-order valence-electron chi connectivity index (χ1n) is 10.6. The second kappa shape index (κ2) is 8.40. The predicted molar refractivity (Wildman–Crippen MR) is 118 cm³/mol. The molecule has 0 bridgehead atoms. The van der Waals surface area contributed by atoms with Crippen molar-refractivity contribution in [3.05, 3.63) is 65.1 Å². The van der Waals surface area contributed by atoms with Crippen LogP contribution < -0.4 is 16.0 Å². The first kappa shape index (κ1) is 21.3. The van der Waals surface area contributed by atoms with E-state index in [9.17, 15) is 18.0 Å². The number of carbonyl (C=O) groups is 1. The van der Waals surface area contributed by atoms with E-state index in [0.29, 0.717) is 61.6 Å². The van der Waals surface area contributed by atoms with Gasteiger partial charge in [-0.05, 0) is 53.4 Å². The zero-order valence-corrected chi connectivity index (χ0v) is 17.6. The lowest BCUT2D eigenvalue weighted by atomic mass is 9.93. The zero-order chi connectivity index (χ0) is 23.1. The number of pyridine rings is 1. The number of anilines is 2. The second-order valence-electron chi connectivity index (χ2n) is 8.02. The highest BCUT2D eigenvalue weighted by molar-refractivity contribution is 5.98. The number of carbonyl (C=O) groups excluding carboxylic acids is 1. The van der Waals surface area contributed by atoms with E-state index in [1.165, 1.54) is 18.2 Å². The van der Waals surface area contributed by atoms with Crippen LogP contribution in [0.4, 0.5) is 24.7 Å². The Morgan fingerprint density at radius 3 is 2.48 bits per heavy atom. The molecule has 170 valence electrons. The summed E-state index contributed by atoms with van der Waals surface area (Å²) in [5.74, 6) is -2.63. The Morgan fingerprint density at radius 2 is 1.73 bits per heavy atom. The molecule has 5 rings (SSSR count). The molecule has 0 radical (unpaired) electrons. The van der Waals surface area contributed by atoms with Gasteiger partial charge >= 0.3 is 0 Å². The summed E-state index contributed by atoms with van der Waals surface area (Å²) in [6, 6.07) is 8.75. The third-order valence-electron chi connectivity index (χ3n) is 6.01. The van der Waals surface area contributed by atoms with Crippen LogP contribution in [-0.4, -0.2) is 43.7 Å². The Balaban J connectivity index is 1.56. The van der Waals surface area contributed by atoms with Crippen LogP contribution in [0.5, 0.6) is 0 Å². The third kappa shape index (κ3) is 3.89. The summed E-state index contributed by atoms with van der Waals surface area (Å²) < 4.78 is 49.7. The van der Waals surface area contributed by atoms with Crippen molar-refractivity contribution >= 4 is 17.4 Å². The molecule has 1 fully saturated rings. The lowest BCUT2D eigenvalue weighted by Crippen LogP contribution is -2.36. The van der Waals surface area contributed by atoms with Crippen LogP contribution in [0.1, 0.15) is 15.9 Å². The number of nitrogens with one attached hydrogen (secondary N) is 1. The van der Waals surface area contributed by atoms with Crippen LogP contribution in [-0.2, 0) is 11.2 Å². The van der Waals surface area contributed by atoms with Gasteiger partial charge in [0.15, 0.2) is 0 Å². The van der Waals surface area contributed by atoms with Crippen molar-refractivity contribution in [1.82, 2.24) is 10.3 Å². The average Bonchev–Trinajstić information content (AvgIpc) is 2.79. The van der Waals surface area contributed by atoms with E-state index in [4.69, 9.17) is 10.5 Å². The molecule has 2 aromatic carbocycles. The summed E-state index contributed by atoms with van der Waals surface area (Å²) in [4.78, 5) is 17.7. The van der Waals surface area contributed by atoms with E-state index in [1.807, 2.05) is 4.90 Å². The highest BCUT2D eigenvalue weighted by Gasteiger charge is 2.24. The normalized spacial score (nSPS) is 15.8. The van der Waals surface area contributed by atoms with Crippen molar-refractivity contribution in [1.29, 1.82) is 0 Å². The van der Waals surface area contributed by atoms with Gasteiger partial charge in [-0.25, -0.2) is 13.8 Å². The number of amides is 1. The lowest BCUT2D eigenvalue weighted by Gasteiger charge is -2.29. The van der Waals surface area contributed by atoms with Gasteiger partial charge in [0.05, 0.1) is 24.5 Å². The van der Waals surface area contributed by atoms with E-state index in [2.05, 4.69) is 10.3 Å². The van der Waals surface area contributed by atoms with Crippen LogP contribution in [0, 0.1) is 17.6 Å². The highest BCUT2D eigenvalue weighted by atomic mass is 19.1. The van der Waals surface area contributed by atoms with E-state index >= 15 is 0 Å². The van der Waals surface area contributed by atoms with Crippen molar-refractivity contribution in [3.63, 3.8) is 0 Å². The summed E-state index contributed by atoms with van der Waals surface area (Å²) >= 11 is 0. The van der Waals surface area contributed by atoms with Crippen LogP contribution >= 0.6 is 0 Å². The maximum atomic E-state index is 14.9. The van der Waals surface area contributed by atoms with Crippen LogP contribution in [0.15, 0.2) is 36.4 Å². The molecule has 3 N–H and O–H groups in total. The number of rotatable bonds is 3. The molecule has 9 heteroatoms. The molecule has 2 aliphatic heterocycles. The molecule has 1 amide bonds. The largest absolute Gasteiger partial charge is 0.383 e. The Hall–Kier alpha value is -3.59. The molecule has 3 heterocycles. The highest BCUT2D eigenvalue weighted by Crippen LogP contribution is 2.35. The van der Waals surface area contributed by atoms with Crippen LogP contribution in [0.25, 0.3) is 22.3 Å². The van der Waals surface area contributed by atoms with E-state index in [0.717, 1.165) is 0 Å². The molecule has 0 atom stereocenters. The molecule has 0 unspecified atom stereocenters. The van der Waals surface area contributed by atoms with Gasteiger partial charge in [0.25, 0.3) is 5.91 Å². The number of fused-ring (bicyclic) bond motifs is 1. The minimum atomic E-state index is -0.854. The molecular weight excluding hydrogens is 433 g/mol. The number of nitrogens with two attached hydrogens (primary N) is 1. The smallest absolute Gasteiger partial charge is 0.254 e. The molecule has 0 spiro atoms. The number of hydrogen-bond donors (Lipinski definition) is 2. The number of benzene rings is 2. The fourth-order valence-corrected chi connectivity index (χ4v) is 4.34. The molecule has 0 saturated carbocycles. The fourth-order valence-electron chi connectivity index (χ4n) is 4.34. The van der Waals surface area contributed by atoms with Crippen molar-refractivity contribution < 1.29 is 22.7 Å². The summed E-state index contributed by atoms with van der Waals surface area (Å²) in [5, 5.41) is 2.61. The van der Waals surface area contributed by atoms with Crippen molar-refractivity contribution in [2.24, 2.45) is 0 Å². The quantitative estimate of drug-likeness (QED) is 0.592. The minimum Gasteiger partial charge on any atom is -0.383 e. The van der Waals surface area contributed by atoms with Crippen LogP contribution in [0.3, 0.4) is 0 Å². The molecule has 1 aromatic heterocycles. The number of morpholine rings is 1. The number of hydrogen-bond acceptors (Lipinski definition) is 5. The number of aromatic nitrogens is 1. The topological polar surface area (TPSA) is 80.5 Å². The fraction of sp³-hybridized carbons (Fsp3) is 0.250. The van der Waals surface area contributed by atoms with Crippen molar-refractivity contribution in [2.45, 2.75) is 6.42 Å². The molecule has 3 aromatic rings. The Bertz CT molecular complexity index is 1260. The van der Waals surface area contributed by atoms with Gasteiger partial charge in [-0.2, -0.15) is 4.39 Å². The average molecular weight is 454 g/mol. The number of nitrogens with zero attached hydrogens (tertiary/aromatic N) is 2. The van der Waals surface area contributed by atoms with Crippen molar-refractivity contribution in [2.75, 3.05) is 43.5 Å². The predicted octanol–water partition coefficient (Wildman–Crippen LogP) is 3.54. The van der Waals surface area contributed by atoms with Gasteiger partial charge in [-0.3, -0.25) is 4.79 Å². The van der Waals surface area contributed by atoms with Gasteiger partial charge in [0.2, 0.25) is 5.95 Å². The summed E-state index contributed by atoms with van der Waals surface area (Å²) in [6.07, 6.45) is 0.460. The van der Waals surface area contributed by atoms with E-state index in [1.54, 1.807) is 18.2 Å². The lowest BCUT2D eigenvalue weighted by molar-refractivity contribution is 0.0941. The number of ether oxygens (including phenoxy) is 1. The Labute approximate surface area is 188 Å². The van der Waals surface area contributed by atoms with Crippen molar-refractivity contribution in [3.8, 4) is 22.3 Å². The number of nitrogen functional groups attached to an aromatic ring is 1. The molecule has 0 aliphatic carbocycles. The molecule has 33 heavy (non-hydrogen) atoms. The zero-order valence-electron chi connectivity index (χ0n) is 17.6. The monoisotopic (exact) mass is 454 g/mol. The number of halogens is 3. The first-order chi connectivity index (χ1) is 15.9. The second-order valence-corrected chi connectivity index (χ2v) is 8.02. The molecular formula is C24H21F3N4O2. The van der Waals surface area contributed by atoms with Crippen LogP contribution in [0.2, 0.25) is 0 Å². The Kier molecular flexibility index (Phi) is 5.41. The van der Waals surface area contributed by atoms with Gasteiger partial charge in [-0.15, -0.1) is 0 Å². The maximum absolute atomic E-state index is 14.9. The van der Waals surface area contributed by atoms with Gasteiger partial charge in [0, 0.05) is 30.8 Å². The standard InChI is InChI=1S/C24H21F3N4O2/c25-18-10-13(1-2-20(18)31-5-7-33-8-6-31)16-12-17(23(28)30-22(16)27)15-9-14-3-4-29-24(32)21(14)19(26)11-15/h1-2,9-12H,3-8H2,(H2,28,30)(H,29,32). The summed E-state index contributed by atoms with van der Waals surface area (Å²) in [5.41, 5.74) is 7.92. The van der Waals surface area contributed by atoms with Gasteiger partial charge in [-0.1, -0.05) is 6.07 Å². The molecule has 1 saturated heterocycles. The van der Waals surface area contributed by atoms with Gasteiger partial charge in [0.1, 0.15) is 17.5 Å². The third-order valence-corrected chi connectivity index (χ3v) is 6.01. The SMILES string of the molecule is Nc1nc(F)c(-c2ccc(N3CCOCC3)c(F)c2)cc1-c1cc(F)c2c(c1)CCNC2=O. The minimum absolute atomic E-state index is 0.000335. The van der Waals surface area contributed by atoms with E-state index < -0.39 is 23.5 Å². The van der Waals surface area contributed by atoms with Gasteiger partial charge < -0.3 is 20.7 Å². The summed E-state index contributed by atoms with van der Waals surface area (Å²) in [7, 11) is 0. The molecule has 6 nitrogen and oxygen atoms in total.